The van der Waals surface area contributed by atoms with Crippen LogP contribution in [0.3, 0.4) is 0 Å². The van der Waals surface area contributed by atoms with E-state index in [0.29, 0.717) is 12.3 Å². The number of carbonyl (C=O) groups is 1. The summed E-state index contributed by atoms with van der Waals surface area (Å²) in [5, 5.41) is 38.0. The molecule has 3 atom stereocenters. The maximum absolute atomic E-state index is 10.4. The molecule has 0 aromatic carbocycles. The first-order valence-corrected chi connectivity index (χ1v) is 9.45. The zero-order valence-electron chi connectivity index (χ0n) is 15.3. The van der Waals surface area contributed by atoms with Gasteiger partial charge >= 0.3 is 5.97 Å². The van der Waals surface area contributed by atoms with Gasteiger partial charge in [-0.15, -0.1) is 0 Å². The van der Waals surface area contributed by atoms with Crippen LogP contribution in [0, 0.1) is 5.92 Å². The summed E-state index contributed by atoms with van der Waals surface area (Å²) in [6.07, 6.45) is 18.1. The first kappa shape index (κ1) is 22.4. The van der Waals surface area contributed by atoms with Gasteiger partial charge in [-0.1, -0.05) is 67.9 Å². The number of aliphatic hydroxyl groups is 3. The number of hydrogen-bond donors (Lipinski definition) is 4. The molecule has 0 aliphatic heterocycles. The second-order valence-electron chi connectivity index (χ2n) is 6.77. The van der Waals surface area contributed by atoms with Gasteiger partial charge in [0.2, 0.25) is 0 Å². The van der Waals surface area contributed by atoms with Crippen molar-refractivity contribution in [3.05, 3.63) is 48.6 Å². The van der Waals surface area contributed by atoms with Crippen LogP contribution in [0.5, 0.6) is 0 Å². The van der Waals surface area contributed by atoms with Crippen LogP contribution < -0.4 is 0 Å². The third-order valence-electron chi connectivity index (χ3n) is 4.59. The van der Waals surface area contributed by atoms with Gasteiger partial charge < -0.3 is 20.4 Å². The molecule has 1 fully saturated rings. The molecule has 0 spiro atoms. The summed E-state index contributed by atoms with van der Waals surface area (Å²) in [5.74, 6) is -0.521. The molecule has 1 saturated carbocycles. The van der Waals surface area contributed by atoms with Crippen LogP contribution in [0.15, 0.2) is 48.6 Å². The fraction of sp³-hybridized carbons (Fsp3) is 0.571. The van der Waals surface area contributed by atoms with Crippen molar-refractivity contribution in [1.29, 1.82) is 0 Å². The normalized spacial score (nSPS) is 20.4. The quantitative estimate of drug-likeness (QED) is 0.422. The molecular weight excluding hydrogens is 332 g/mol. The number of aliphatic carboxylic acids is 1. The summed E-state index contributed by atoms with van der Waals surface area (Å²) < 4.78 is 0. The van der Waals surface area contributed by atoms with Gasteiger partial charge in [0.15, 0.2) is 0 Å². The van der Waals surface area contributed by atoms with Crippen molar-refractivity contribution < 1.29 is 25.2 Å². The second kappa shape index (κ2) is 13.5. The number of carboxylic acids is 1. The van der Waals surface area contributed by atoms with Crippen LogP contribution in [-0.4, -0.2) is 44.7 Å². The zero-order chi connectivity index (χ0) is 19.2. The maximum Gasteiger partial charge on any atom is 0.303 e. The third-order valence-corrected chi connectivity index (χ3v) is 4.59. The van der Waals surface area contributed by atoms with E-state index < -0.39 is 18.2 Å². The molecule has 1 aliphatic rings. The predicted molar refractivity (Wildman–Crippen MR) is 103 cm³/mol. The standard InChI is InChI=1S/C21H32O5/c22-18(17-11-6-5-7-12-17)13-8-3-1-2-4-9-14-19(23)20(24)15-10-16-21(25)26/h1-4,8-9,13-14,17-20,22-24H,5-7,10-12,15-16H2,(H,25,26)/b3-1+,4-2+,13-8+,14-9+/t18?,19-,20+/m1/s1. The van der Waals surface area contributed by atoms with Crippen molar-refractivity contribution in [2.45, 2.75) is 69.7 Å². The van der Waals surface area contributed by atoms with Gasteiger partial charge in [-0.25, -0.2) is 0 Å². The SMILES string of the molecule is O=C(O)CCC[C@H](O)[C@H](O)/C=C/C=C/C=C/C=C/C(O)C1CCCCC1. The summed E-state index contributed by atoms with van der Waals surface area (Å²) >= 11 is 0. The van der Waals surface area contributed by atoms with E-state index in [1.54, 1.807) is 18.2 Å². The number of hydrogen-bond acceptors (Lipinski definition) is 4. The van der Waals surface area contributed by atoms with Crippen LogP contribution >= 0.6 is 0 Å². The van der Waals surface area contributed by atoms with E-state index in [4.69, 9.17) is 5.11 Å². The minimum absolute atomic E-state index is 0.0127. The van der Waals surface area contributed by atoms with Gasteiger partial charge in [-0.3, -0.25) is 4.79 Å². The molecule has 1 rings (SSSR count). The maximum atomic E-state index is 10.4. The van der Waals surface area contributed by atoms with Crippen molar-refractivity contribution in [3.8, 4) is 0 Å². The molecule has 146 valence electrons. The Morgan fingerprint density at radius 2 is 1.46 bits per heavy atom. The number of allylic oxidation sites excluding steroid dienone is 6. The molecule has 0 radical (unpaired) electrons. The van der Waals surface area contributed by atoms with E-state index in [2.05, 4.69) is 0 Å². The largest absolute Gasteiger partial charge is 0.481 e. The molecule has 5 heteroatoms. The second-order valence-corrected chi connectivity index (χ2v) is 6.77. The van der Waals surface area contributed by atoms with E-state index >= 15 is 0 Å². The molecule has 1 unspecified atom stereocenters. The first-order chi connectivity index (χ1) is 12.5. The van der Waals surface area contributed by atoms with Crippen LogP contribution in [0.1, 0.15) is 51.4 Å². The smallest absolute Gasteiger partial charge is 0.303 e. The summed E-state index contributed by atoms with van der Waals surface area (Å²) in [6, 6.07) is 0. The van der Waals surface area contributed by atoms with Gasteiger partial charge in [-0.05, 0) is 31.6 Å². The van der Waals surface area contributed by atoms with E-state index in [-0.39, 0.29) is 18.9 Å². The van der Waals surface area contributed by atoms with E-state index in [9.17, 15) is 20.1 Å². The summed E-state index contributed by atoms with van der Waals surface area (Å²) in [5.41, 5.74) is 0. The lowest BCUT2D eigenvalue weighted by molar-refractivity contribution is -0.137. The summed E-state index contributed by atoms with van der Waals surface area (Å²) in [7, 11) is 0. The molecular formula is C21H32O5. The van der Waals surface area contributed by atoms with Crippen molar-refractivity contribution in [2.75, 3.05) is 0 Å². The Bertz CT molecular complexity index is 501. The highest BCUT2D eigenvalue weighted by atomic mass is 16.4. The van der Waals surface area contributed by atoms with Crippen LogP contribution in [0.25, 0.3) is 0 Å². The molecule has 4 N–H and O–H groups in total. The number of carboxylic acid groups (broad SMARTS) is 1. The lowest BCUT2D eigenvalue weighted by atomic mass is 9.85. The van der Waals surface area contributed by atoms with E-state index in [0.717, 1.165) is 12.8 Å². The Morgan fingerprint density at radius 1 is 0.885 bits per heavy atom. The average molecular weight is 364 g/mol. The van der Waals surface area contributed by atoms with Crippen LogP contribution in [0.2, 0.25) is 0 Å². The van der Waals surface area contributed by atoms with Crippen molar-refractivity contribution in [3.63, 3.8) is 0 Å². The minimum Gasteiger partial charge on any atom is -0.481 e. The fourth-order valence-corrected chi connectivity index (χ4v) is 3.01. The number of rotatable bonds is 11. The molecule has 0 saturated heterocycles. The highest BCUT2D eigenvalue weighted by Gasteiger charge is 2.19. The van der Waals surface area contributed by atoms with Gasteiger partial charge in [-0.2, -0.15) is 0 Å². The Morgan fingerprint density at radius 3 is 2.08 bits per heavy atom. The van der Waals surface area contributed by atoms with Gasteiger partial charge in [0.1, 0.15) is 0 Å². The zero-order valence-corrected chi connectivity index (χ0v) is 15.3. The predicted octanol–water partition coefficient (Wildman–Crippen LogP) is 3.13. The van der Waals surface area contributed by atoms with Gasteiger partial charge in [0, 0.05) is 6.42 Å². The lowest BCUT2D eigenvalue weighted by Gasteiger charge is -2.24. The highest BCUT2D eigenvalue weighted by molar-refractivity contribution is 5.66. The van der Waals surface area contributed by atoms with Crippen LogP contribution in [-0.2, 0) is 4.79 Å². The fourth-order valence-electron chi connectivity index (χ4n) is 3.01. The lowest BCUT2D eigenvalue weighted by Crippen LogP contribution is -2.23. The van der Waals surface area contributed by atoms with E-state index in [1.807, 2.05) is 24.3 Å². The molecule has 0 bridgehead atoms. The first-order valence-electron chi connectivity index (χ1n) is 9.45. The Kier molecular flexibility index (Phi) is 11.6. The van der Waals surface area contributed by atoms with Crippen molar-refractivity contribution in [2.24, 2.45) is 5.92 Å². The Labute approximate surface area is 156 Å². The molecule has 26 heavy (non-hydrogen) atoms. The molecule has 0 aromatic heterocycles. The topological polar surface area (TPSA) is 98.0 Å². The van der Waals surface area contributed by atoms with Gasteiger partial charge in [0.25, 0.3) is 0 Å². The van der Waals surface area contributed by atoms with Crippen molar-refractivity contribution >= 4 is 5.97 Å². The highest BCUT2D eigenvalue weighted by Crippen LogP contribution is 2.26. The molecule has 0 amide bonds. The average Bonchev–Trinajstić information content (AvgIpc) is 2.63. The van der Waals surface area contributed by atoms with Crippen LogP contribution in [0.4, 0.5) is 0 Å². The summed E-state index contributed by atoms with van der Waals surface area (Å²) in [6.45, 7) is 0. The Balaban J connectivity index is 2.23. The Hall–Kier alpha value is -1.69. The minimum atomic E-state index is -1.01. The molecule has 0 heterocycles. The molecule has 1 aliphatic carbocycles. The van der Waals surface area contributed by atoms with Crippen molar-refractivity contribution in [1.82, 2.24) is 0 Å². The third kappa shape index (κ3) is 10.3. The van der Waals surface area contributed by atoms with Gasteiger partial charge in [0.05, 0.1) is 18.3 Å². The molecule has 5 nitrogen and oxygen atoms in total. The summed E-state index contributed by atoms with van der Waals surface area (Å²) in [4.78, 5) is 10.4. The monoisotopic (exact) mass is 364 g/mol. The number of aliphatic hydroxyl groups excluding tert-OH is 3. The van der Waals surface area contributed by atoms with E-state index in [1.165, 1.54) is 25.3 Å². The molecule has 0 aromatic rings.